The predicted molar refractivity (Wildman–Crippen MR) is 63.0 cm³/mol. The van der Waals surface area contributed by atoms with E-state index in [1.54, 1.807) is 0 Å². The van der Waals surface area contributed by atoms with E-state index < -0.39 is 18.1 Å². The monoisotopic (exact) mass is 246 g/mol. The lowest BCUT2D eigenvalue weighted by atomic mass is 10.0. The van der Waals surface area contributed by atoms with Crippen LogP contribution in [0.3, 0.4) is 0 Å². The van der Waals surface area contributed by atoms with Crippen molar-refractivity contribution in [1.29, 1.82) is 0 Å². The number of nitrogens with zero attached hydrogens (tertiary/aromatic N) is 1. The van der Waals surface area contributed by atoms with Crippen molar-refractivity contribution in [2.45, 2.75) is 38.2 Å². The standard InChI is InChI=1S/C10H18N2O3S/c1-5(2)8(11)9(13)12-6(3)16-4-7(12)10(14)15/h5-8H,4,11H2,1-3H3,(H,14,15)/t6?,7?,8-/m1/s1. The average molecular weight is 246 g/mol. The van der Waals surface area contributed by atoms with Gasteiger partial charge in [0.2, 0.25) is 5.91 Å². The number of rotatable bonds is 3. The lowest BCUT2D eigenvalue weighted by Crippen LogP contribution is -2.53. The van der Waals surface area contributed by atoms with Gasteiger partial charge in [-0.2, -0.15) is 0 Å². The van der Waals surface area contributed by atoms with Crippen LogP contribution in [0.1, 0.15) is 20.8 Å². The van der Waals surface area contributed by atoms with Crippen molar-refractivity contribution in [3.05, 3.63) is 0 Å². The molecule has 0 saturated carbocycles. The molecule has 3 atom stereocenters. The first-order chi connectivity index (χ1) is 7.36. The maximum atomic E-state index is 12.0. The summed E-state index contributed by atoms with van der Waals surface area (Å²) in [7, 11) is 0. The second-order valence-corrected chi connectivity index (χ2v) is 5.65. The average Bonchev–Trinajstić information content (AvgIpc) is 2.57. The SMILES string of the molecule is CC(C)[C@@H](N)C(=O)N1C(C)SCC1C(=O)O. The van der Waals surface area contributed by atoms with Gasteiger partial charge in [-0.25, -0.2) is 4.79 Å². The molecule has 1 rings (SSSR count). The summed E-state index contributed by atoms with van der Waals surface area (Å²) < 4.78 is 0. The van der Waals surface area contributed by atoms with E-state index in [4.69, 9.17) is 10.8 Å². The number of carboxylic acids is 1. The molecule has 1 aliphatic rings. The van der Waals surface area contributed by atoms with Crippen molar-refractivity contribution in [3.8, 4) is 0 Å². The van der Waals surface area contributed by atoms with E-state index in [0.29, 0.717) is 5.75 Å². The molecule has 0 aromatic heterocycles. The van der Waals surface area contributed by atoms with Gasteiger partial charge in [-0.1, -0.05) is 13.8 Å². The summed E-state index contributed by atoms with van der Waals surface area (Å²) in [6, 6.07) is -1.36. The van der Waals surface area contributed by atoms with Crippen molar-refractivity contribution in [2.75, 3.05) is 5.75 Å². The first kappa shape index (κ1) is 13.3. The smallest absolute Gasteiger partial charge is 0.327 e. The van der Waals surface area contributed by atoms with Crippen LogP contribution < -0.4 is 5.73 Å². The highest BCUT2D eigenvalue weighted by Gasteiger charge is 2.41. The fraction of sp³-hybridized carbons (Fsp3) is 0.800. The van der Waals surface area contributed by atoms with E-state index >= 15 is 0 Å². The van der Waals surface area contributed by atoms with E-state index in [-0.39, 0.29) is 17.2 Å². The highest BCUT2D eigenvalue weighted by atomic mass is 32.2. The Hall–Kier alpha value is -0.750. The summed E-state index contributed by atoms with van der Waals surface area (Å²) in [5.41, 5.74) is 5.77. The Kier molecular flexibility index (Phi) is 4.21. The molecule has 0 aromatic rings. The number of carbonyl (C=O) groups excluding carboxylic acids is 1. The van der Waals surface area contributed by atoms with Gasteiger partial charge < -0.3 is 15.7 Å². The number of hydrogen-bond donors (Lipinski definition) is 2. The second kappa shape index (κ2) is 5.05. The maximum Gasteiger partial charge on any atom is 0.327 e. The number of carboxylic acid groups (broad SMARTS) is 1. The van der Waals surface area contributed by atoms with E-state index in [9.17, 15) is 9.59 Å². The number of amides is 1. The normalized spacial score (nSPS) is 27.2. The van der Waals surface area contributed by atoms with Crippen molar-refractivity contribution < 1.29 is 14.7 Å². The first-order valence-corrected chi connectivity index (χ1v) is 6.33. The Morgan fingerprint density at radius 2 is 2.06 bits per heavy atom. The summed E-state index contributed by atoms with van der Waals surface area (Å²) in [5, 5.41) is 8.91. The number of aliphatic carboxylic acids is 1. The van der Waals surface area contributed by atoms with Gasteiger partial charge in [0, 0.05) is 5.75 Å². The van der Waals surface area contributed by atoms with Crippen molar-refractivity contribution in [1.82, 2.24) is 4.90 Å². The molecule has 2 unspecified atom stereocenters. The minimum atomic E-state index is -0.957. The minimum absolute atomic E-state index is 0.0137. The predicted octanol–water partition coefficient (Wildman–Crippen LogP) is 0.344. The molecule has 0 bridgehead atoms. The third-order valence-corrected chi connectivity index (χ3v) is 3.98. The lowest BCUT2D eigenvalue weighted by Gasteiger charge is -2.29. The van der Waals surface area contributed by atoms with Crippen molar-refractivity contribution in [2.24, 2.45) is 11.7 Å². The largest absolute Gasteiger partial charge is 0.480 e. The van der Waals surface area contributed by atoms with Crippen LogP contribution in [0.5, 0.6) is 0 Å². The molecule has 1 heterocycles. The molecule has 1 fully saturated rings. The molecule has 1 amide bonds. The number of nitrogens with two attached hydrogens (primary N) is 1. The third kappa shape index (κ3) is 2.49. The Morgan fingerprint density at radius 1 is 1.50 bits per heavy atom. The van der Waals surface area contributed by atoms with Gasteiger partial charge in [0.05, 0.1) is 11.4 Å². The van der Waals surface area contributed by atoms with E-state index in [1.807, 2.05) is 20.8 Å². The summed E-state index contributed by atoms with van der Waals surface area (Å²) >= 11 is 1.47. The molecule has 6 heteroatoms. The fourth-order valence-corrected chi connectivity index (χ4v) is 2.80. The van der Waals surface area contributed by atoms with E-state index in [0.717, 1.165) is 0 Å². The zero-order chi connectivity index (χ0) is 12.5. The quantitative estimate of drug-likeness (QED) is 0.750. The molecular formula is C10H18N2O3S. The minimum Gasteiger partial charge on any atom is -0.480 e. The molecule has 92 valence electrons. The Balaban J connectivity index is 2.83. The van der Waals surface area contributed by atoms with Crippen LogP contribution in [-0.4, -0.2) is 45.1 Å². The van der Waals surface area contributed by atoms with E-state index in [1.165, 1.54) is 16.7 Å². The van der Waals surface area contributed by atoms with Gasteiger partial charge in [0.25, 0.3) is 0 Å². The Labute approximate surface area is 99.4 Å². The molecule has 1 aliphatic heterocycles. The maximum absolute atomic E-state index is 12.0. The summed E-state index contributed by atoms with van der Waals surface area (Å²) in [5.74, 6) is -0.770. The molecule has 16 heavy (non-hydrogen) atoms. The number of hydrogen-bond acceptors (Lipinski definition) is 4. The van der Waals surface area contributed by atoms with Gasteiger partial charge in [0.15, 0.2) is 0 Å². The Morgan fingerprint density at radius 3 is 2.50 bits per heavy atom. The van der Waals surface area contributed by atoms with Gasteiger partial charge >= 0.3 is 5.97 Å². The topological polar surface area (TPSA) is 83.6 Å². The molecule has 5 nitrogen and oxygen atoms in total. The van der Waals surface area contributed by atoms with Crippen LogP contribution in [0.15, 0.2) is 0 Å². The molecular weight excluding hydrogens is 228 g/mol. The molecule has 0 radical (unpaired) electrons. The zero-order valence-electron chi connectivity index (χ0n) is 9.71. The Bertz CT molecular complexity index is 296. The van der Waals surface area contributed by atoms with Crippen LogP contribution >= 0.6 is 11.8 Å². The van der Waals surface area contributed by atoms with Gasteiger partial charge in [-0.05, 0) is 12.8 Å². The van der Waals surface area contributed by atoms with Gasteiger partial charge in [-0.3, -0.25) is 4.79 Å². The third-order valence-electron chi connectivity index (χ3n) is 2.77. The number of carbonyl (C=O) groups is 2. The fourth-order valence-electron chi connectivity index (χ4n) is 1.62. The van der Waals surface area contributed by atoms with Gasteiger partial charge in [0.1, 0.15) is 6.04 Å². The summed E-state index contributed by atoms with van der Waals surface area (Å²) in [4.78, 5) is 24.4. The van der Waals surface area contributed by atoms with Crippen LogP contribution in [0.25, 0.3) is 0 Å². The summed E-state index contributed by atoms with van der Waals surface area (Å²) in [6.07, 6.45) is 0. The second-order valence-electron chi connectivity index (χ2n) is 4.30. The lowest BCUT2D eigenvalue weighted by molar-refractivity contribution is -0.149. The molecule has 0 spiro atoms. The molecule has 0 aromatic carbocycles. The van der Waals surface area contributed by atoms with Crippen molar-refractivity contribution >= 4 is 23.6 Å². The molecule has 1 saturated heterocycles. The zero-order valence-corrected chi connectivity index (χ0v) is 10.5. The van der Waals surface area contributed by atoms with Crippen LogP contribution in [0.4, 0.5) is 0 Å². The first-order valence-electron chi connectivity index (χ1n) is 5.28. The summed E-state index contributed by atoms with van der Waals surface area (Å²) in [6.45, 7) is 5.54. The number of thioether (sulfide) groups is 1. The van der Waals surface area contributed by atoms with Crippen LogP contribution in [0, 0.1) is 5.92 Å². The van der Waals surface area contributed by atoms with Gasteiger partial charge in [-0.15, -0.1) is 11.8 Å². The molecule has 3 N–H and O–H groups in total. The highest BCUT2D eigenvalue weighted by Crippen LogP contribution is 2.29. The molecule has 0 aliphatic carbocycles. The van der Waals surface area contributed by atoms with E-state index in [2.05, 4.69) is 0 Å². The van der Waals surface area contributed by atoms with Crippen LogP contribution in [-0.2, 0) is 9.59 Å². The van der Waals surface area contributed by atoms with Crippen LogP contribution in [0.2, 0.25) is 0 Å². The van der Waals surface area contributed by atoms with Crippen molar-refractivity contribution in [3.63, 3.8) is 0 Å². The highest BCUT2D eigenvalue weighted by molar-refractivity contribution is 8.00.